The van der Waals surface area contributed by atoms with Crippen LogP contribution in [0.15, 0.2) is 41.9 Å². The van der Waals surface area contributed by atoms with Gasteiger partial charge in [-0.15, -0.1) is 11.3 Å². The second-order valence-electron chi connectivity index (χ2n) is 10.2. The number of amides is 2. The van der Waals surface area contributed by atoms with Crippen LogP contribution in [0.1, 0.15) is 49.0 Å². The summed E-state index contributed by atoms with van der Waals surface area (Å²) < 4.78 is 34.9. The lowest BCUT2D eigenvalue weighted by atomic mass is 9.80. The van der Waals surface area contributed by atoms with Gasteiger partial charge in [0.05, 0.1) is 12.6 Å². The molecule has 2 amide bonds. The summed E-state index contributed by atoms with van der Waals surface area (Å²) >= 11 is 2.87. The van der Waals surface area contributed by atoms with Gasteiger partial charge in [-0.1, -0.05) is 36.7 Å². The Balaban J connectivity index is 1.21. The number of sulfonamides is 1. The van der Waals surface area contributed by atoms with Gasteiger partial charge in [-0.3, -0.25) is 19.4 Å². The van der Waals surface area contributed by atoms with Gasteiger partial charge in [0.25, 0.3) is 10.0 Å². The van der Waals surface area contributed by atoms with Crippen molar-refractivity contribution in [2.45, 2.75) is 56.1 Å². The van der Waals surface area contributed by atoms with Crippen LogP contribution >= 0.6 is 22.7 Å². The molecule has 3 aromatic rings. The topological polar surface area (TPSA) is 143 Å². The molecule has 2 aliphatic heterocycles. The van der Waals surface area contributed by atoms with Gasteiger partial charge in [0, 0.05) is 28.2 Å². The lowest BCUT2D eigenvalue weighted by Gasteiger charge is -2.40. The van der Waals surface area contributed by atoms with E-state index in [2.05, 4.69) is 10.3 Å². The molecule has 6 rings (SSSR count). The SMILES string of the molecule is O=C(NC1(C(=O)N2CCC3C2C(=O)CN3S(=O)(=O)C(=O)c2ccccn2)CCCCC1)Oc1cc2sccc2s1. The van der Waals surface area contributed by atoms with Crippen molar-refractivity contribution in [2.24, 2.45) is 0 Å². The highest BCUT2D eigenvalue weighted by atomic mass is 32.2. The number of carbonyl (C=O) groups is 4. The van der Waals surface area contributed by atoms with E-state index in [0.717, 1.165) is 20.1 Å². The number of nitrogens with one attached hydrogen (secondary N) is 1. The molecule has 14 heteroatoms. The molecule has 1 aliphatic carbocycles. The molecule has 0 bridgehead atoms. The summed E-state index contributed by atoms with van der Waals surface area (Å²) in [6.45, 7) is -0.374. The van der Waals surface area contributed by atoms with E-state index >= 15 is 0 Å². The van der Waals surface area contributed by atoms with Gasteiger partial charge >= 0.3 is 11.2 Å². The Morgan fingerprint density at radius 1 is 1.10 bits per heavy atom. The fraction of sp³-hybridized carbons (Fsp3) is 0.423. The molecular formula is C26H26N4O7S3. The van der Waals surface area contributed by atoms with Gasteiger partial charge in [0.2, 0.25) is 5.91 Å². The number of Topliss-reactive ketones (excluding diaryl/α,β-unsaturated/α-hetero) is 1. The Bertz CT molecular complexity index is 1570. The van der Waals surface area contributed by atoms with Crippen LogP contribution in [0.25, 0.3) is 9.40 Å². The molecule has 40 heavy (non-hydrogen) atoms. The molecule has 2 unspecified atom stereocenters. The van der Waals surface area contributed by atoms with Crippen LogP contribution in [-0.4, -0.2) is 76.2 Å². The maximum Gasteiger partial charge on any atom is 0.414 e. The van der Waals surface area contributed by atoms with E-state index in [1.54, 1.807) is 12.1 Å². The average Bonchev–Trinajstić information content (AvgIpc) is 3.71. The van der Waals surface area contributed by atoms with Crippen molar-refractivity contribution >= 4 is 65.0 Å². The number of thiophene rings is 2. The minimum absolute atomic E-state index is 0.128. The maximum atomic E-state index is 14.1. The normalized spacial score (nSPS) is 22.8. The molecule has 11 nitrogen and oxygen atoms in total. The number of carbonyl (C=O) groups excluding carboxylic acids is 4. The summed E-state index contributed by atoms with van der Waals surface area (Å²) in [6, 6.07) is 6.21. The summed E-state index contributed by atoms with van der Waals surface area (Å²) in [5, 5.41) is 4.01. The van der Waals surface area contributed by atoms with E-state index in [4.69, 9.17) is 4.74 Å². The third kappa shape index (κ3) is 4.62. The smallest absolute Gasteiger partial charge is 0.399 e. The molecule has 3 fully saturated rings. The van der Waals surface area contributed by atoms with Gasteiger partial charge in [-0.05, 0) is 42.8 Å². The highest BCUT2D eigenvalue weighted by molar-refractivity contribution is 8.04. The largest absolute Gasteiger partial charge is 0.414 e. The van der Waals surface area contributed by atoms with Crippen LogP contribution in [0.3, 0.4) is 0 Å². The second-order valence-corrected chi connectivity index (χ2v) is 14.0. The maximum absolute atomic E-state index is 14.1. The lowest BCUT2D eigenvalue weighted by molar-refractivity contribution is -0.143. The van der Waals surface area contributed by atoms with Crippen molar-refractivity contribution in [2.75, 3.05) is 13.1 Å². The van der Waals surface area contributed by atoms with Crippen LogP contribution in [0.5, 0.6) is 5.06 Å². The molecule has 1 saturated carbocycles. The molecule has 3 aliphatic rings. The summed E-state index contributed by atoms with van der Waals surface area (Å²) in [5.41, 5.74) is -1.51. The monoisotopic (exact) mass is 602 g/mol. The first-order valence-electron chi connectivity index (χ1n) is 13.0. The van der Waals surface area contributed by atoms with E-state index in [1.807, 2.05) is 11.4 Å². The van der Waals surface area contributed by atoms with Gasteiger partial charge in [0.1, 0.15) is 17.3 Å². The Kier molecular flexibility index (Phi) is 6.97. The number of fused-ring (bicyclic) bond motifs is 2. The van der Waals surface area contributed by atoms with Crippen LogP contribution < -0.4 is 10.1 Å². The predicted molar refractivity (Wildman–Crippen MR) is 148 cm³/mol. The molecule has 0 radical (unpaired) electrons. The van der Waals surface area contributed by atoms with Gasteiger partial charge in [-0.25, -0.2) is 13.2 Å². The number of likely N-dealkylation sites (tertiary alicyclic amines) is 1. The molecule has 0 aromatic carbocycles. The summed E-state index contributed by atoms with van der Waals surface area (Å²) in [7, 11) is -4.54. The molecular weight excluding hydrogens is 577 g/mol. The third-order valence-electron chi connectivity index (χ3n) is 7.82. The van der Waals surface area contributed by atoms with Gasteiger partial charge < -0.3 is 15.0 Å². The molecule has 1 N–H and O–H groups in total. The minimum atomic E-state index is -4.54. The quantitative estimate of drug-likeness (QED) is 0.469. The van der Waals surface area contributed by atoms with Crippen molar-refractivity contribution in [3.05, 3.63) is 47.6 Å². The number of hydrogen-bond acceptors (Lipinski definition) is 10. The minimum Gasteiger partial charge on any atom is -0.399 e. The first-order valence-corrected chi connectivity index (χ1v) is 16.1. The summed E-state index contributed by atoms with van der Waals surface area (Å²) in [6.07, 6.45) is 3.84. The zero-order chi connectivity index (χ0) is 28.1. The summed E-state index contributed by atoms with van der Waals surface area (Å²) in [4.78, 5) is 58.3. The molecule has 2 saturated heterocycles. The summed E-state index contributed by atoms with van der Waals surface area (Å²) in [5.74, 6) is -0.882. The Labute approximate surface area is 238 Å². The van der Waals surface area contributed by atoms with E-state index in [0.29, 0.717) is 30.7 Å². The van der Waals surface area contributed by atoms with E-state index in [1.165, 1.54) is 45.9 Å². The fourth-order valence-electron chi connectivity index (χ4n) is 5.97. The molecule has 2 atom stereocenters. The van der Waals surface area contributed by atoms with Gasteiger partial charge in [0.15, 0.2) is 10.8 Å². The molecule has 0 spiro atoms. The number of nitrogens with zero attached hydrogens (tertiary/aromatic N) is 3. The Morgan fingerprint density at radius 3 is 2.62 bits per heavy atom. The number of hydrogen-bond donors (Lipinski definition) is 1. The number of pyridine rings is 1. The zero-order valence-electron chi connectivity index (χ0n) is 21.3. The predicted octanol–water partition coefficient (Wildman–Crippen LogP) is 3.17. The first kappa shape index (κ1) is 27.0. The highest BCUT2D eigenvalue weighted by Gasteiger charge is 2.57. The average molecular weight is 603 g/mol. The molecule has 3 aromatic heterocycles. The van der Waals surface area contributed by atoms with E-state index in [9.17, 15) is 27.6 Å². The van der Waals surface area contributed by atoms with E-state index < -0.39 is 57.1 Å². The zero-order valence-corrected chi connectivity index (χ0v) is 23.7. The number of rotatable bonds is 5. The van der Waals surface area contributed by atoms with Crippen molar-refractivity contribution in [1.82, 2.24) is 19.5 Å². The van der Waals surface area contributed by atoms with Crippen LogP contribution in [-0.2, 0) is 19.6 Å². The van der Waals surface area contributed by atoms with Crippen molar-refractivity contribution in [3.63, 3.8) is 0 Å². The third-order valence-corrected chi connectivity index (χ3v) is 11.5. The number of aromatic nitrogens is 1. The number of ether oxygens (including phenoxy) is 1. The standard InChI is InChI=1S/C26H26N4O7S3/c31-18-15-30(40(35,36)23(32)16-6-2-5-11-27-16)17-7-12-29(22(17)18)24(33)26(9-3-1-4-10-26)28-25(34)37-21-14-20-19(39-21)8-13-38-20/h2,5-6,8,11,13-14,17,22H,1,3-4,7,9-10,12,15H2,(H,28,34). The number of ketones is 1. The highest BCUT2D eigenvalue weighted by Crippen LogP contribution is 2.38. The second kappa shape index (κ2) is 10.3. The van der Waals surface area contributed by atoms with E-state index in [-0.39, 0.29) is 18.7 Å². The Morgan fingerprint density at radius 2 is 1.90 bits per heavy atom. The first-order chi connectivity index (χ1) is 19.2. The molecule has 210 valence electrons. The Hall–Kier alpha value is -3.20. The van der Waals surface area contributed by atoms with Crippen LogP contribution in [0.2, 0.25) is 0 Å². The van der Waals surface area contributed by atoms with Crippen molar-refractivity contribution in [1.29, 1.82) is 0 Å². The fourth-order valence-corrected chi connectivity index (χ4v) is 9.39. The lowest BCUT2D eigenvalue weighted by Crippen LogP contribution is -2.62. The van der Waals surface area contributed by atoms with Crippen molar-refractivity contribution in [3.8, 4) is 5.06 Å². The van der Waals surface area contributed by atoms with Crippen LogP contribution in [0, 0.1) is 0 Å². The van der Waals surface area contributed by atoms with Crippen LogP contribution in [0.4, 0.5) is 4.79 Å². The van der Waals surface area contributed by atoms with Crippen molar-refractivity contribution < 1.29 is 32.3 Å². The van der Waals surface area contributed by atoms with Gasteiger partial charge in [-0.2, -0.15) is 4.31 Å². The molecule has 5 heterocycles.